The molecule has 2 amide bonds. The van der Waals surface area contributed by atoms with Crippen LogP contribution < -0.4 is 10.6 Å². The van der Waals surface area contributed by atoms with Gasteiger partial charge in [0.2, 0.25) is 11.8 Å². The molecular weight excluding hydrogens is 218 g/mol. The van der Waals surface area contributed by atoms with Crippen LogP contribution >= 0.6 is 0 Å². The first-order chi connectivity index (χ1) is 8.25. The smallest absolute Gasteiger partial charge is 0.236 e. The highest BCUT2D eigenvalue weighted by atomic mass is 16.2. The Bertz CT molecular complexity index is 285. The molecule has 5 heteroatoms. The Morgan fingerprint density at radius 3 is 2.59 bits per heavy atom. The Morgan fingerprint density at radius 2 is 2.00 bits per heavy atom. The van der Waals surface area contributed by atoms with Gasteiger partial charge in [-0.15, -0.1) is 0 Å². The van der Waals surface area contributed by atoms with E-state index in [0.29, 0.717) is 19.5 Å². The minimum absolute atomic E-state index is 0.0738. The van der Waals surface area contributed by atoms with Crippen molar-refractivity contribution in [3.8, 4) is 0 Å². The number of carbonyl (C=O) groups excluding carboxylic acids is 2. The van der Waals surface area contributed by atoms with E-state index in [4.69, 9.17) is 0 Å². The largest absolute Gasteiger partial charge is 0.354 e. The lowest BCUT2D eigenvalue weighted by atomic mass is 10.2. The SMILES string of the molecule is O=C1CC(NCC(=O)N2CCCCCC2)CN1. The van der Waals surface area contributed by atoms with Crippen LogP contribution in [0.1, 0.15) is 32.1 Å². The Labute approximate surface area is 102 Å². The van der Waals surface area contributed by atoms with Gasteiger partial charge in [-0.2, -0.15) is 0 Å². The number of carbonyl (C=O) groups is 2. The molecule has 2 N–H and O–H groups in total. The van der Waals surface area contributed by atoms with E-state index in [1.807, 2.05) is 4.90 Å². The Hall–Kier alpha value is -1.10. The van der Waals surface area contributed by atoms with Gasteiger partial charge >= 0.3 is 0 Å². The van der Waals surface area contributed by atoms with Crippen molar-refractivity contribution in [3.63, 3.8) is 0 Å². The van der Waals surface area contributed by atoms with E-state index in [2.05, 4.69) is 10.6 Å². The predicted octanol–water partition coefficient (Wildman–Crippen LogP) is -0.133. The topological polar surface area (TPSA) is 61.4 Å². The highest BCUT2D eigenvalue weighted by molar-refractivity contribution is 5.80. The van der Waals surface area contributed by atoms with Gasteiger partial charge in [-0.25, -0.2) is 0 Å². The minimum atomic E-state index is 0.0738. The molecule has 0 aromatic heterocycles. The summed E-state index contributed by atoms with van der Waals surface area (Å²) in [5.74, 6) is 0.246. The van der Waals surface area contributed by atoms with Crippen molar-refractivity contribution < 1.29 is 9.59 Å². The van der Waals surface area contributed by atoms with Gasteiger partial charge in [-0.3, -0.25) is 9.59 Å². The third-order valence-electron chi connectivity index (χ3n) is 3.48. The Kier molecular flexibility index (Phi) is 4.36. The lowest BCUT2D eigenvalue weighted by Gasteiger charge is -2.21. The molecule has 96 valence electrons. The van der Waals surface area contributed by atoms with E-state index in [0.717, 1.165) is 25.9 Å². The molecule has 17 heavy (non-hydrogen) atoms. The maximum atomic E-state index is 11.9. The number of hydrogen-bond acceptors (Lipinski definition) is 3. The summed E-state index contributed by atoms with van der Waals surface area (Å²) in [5.41, 5.74) is 0. The molecule has 1 unspecified atom stereocenters. The third-order valence-corrected chi connectivity index (χ3v) is 3.48. The molecule has 2 fully saturated rings. The van der Waals surface area contributed by atoms with E-state index in [-0.39, 0.29) is 17.9 Å². The van der Waals surface area contributed by atoms with E-state index >= 15 is 0 Å². The standard InChI is InChI=1S/C12H21N3O2/c16-11-7-10(8-14-11)13-9-12(17)15-5-3-1-2-4-6-15/h10,13H,1-9H2,(H,14,16). The van der Waals surface area contributed by atoms with E-state index in [9.17, 15) is 9.59 Å². The molecule has 0 aromatic carbocycles. The van der Waals surface area contributed by atoms with Crippen LogP contribution in [0, 0.1) is 0 Å². The normalized spacial score (nSPS) is 25.5. The van der Waals surface area contributed by atoms with Crippen LogP contribution in [-0.2, 0) is 9.59 Å². The van der Waals surface area contributed by atoms with Gasteiger partial charge in [0.15, 0.2) is 0 Å². The molecule has 2 rings (SSSR count). The van der Waals surface area contributed by atoms with Gasteiger partial charge in [0, 0.05) is 32.1 Å². The highest BCUT2D eigenvalue weighted by Crippen LogP contribution is 2.09. The van der Waals surface area contributed by atoms with Gasteiger partial charge in [0.1, 0.15) is 0 Å². The second-order valence-corrected chi connectivity index (χ2v) is 4.88. The molecule has 2 aliphatic rings. The minimum Gasteiger partial charge on any atom is -0.354 e. The number of nitrogens with zero attached hydrogens (tertiary/aromatic N) is 1. The summed E-state index contributed by atoms with van der Waals surface area (Å²) in [4.78, 5) is 24.9. The summed E-state index contributed by atoms with van der Waals surface area (Å²) < 4.78 is 0. The van der Waals surface area contributed by atoms with E-state index < -0.39 is 0 Å². The van der Waals surface area contributed by atoms with Crippen LogP contribution in [0.2, 0.25) is 0 Å². The van der Waals surface area contributed by atoms with Crippen LogP contribution in [-0.4, -0.2) is 48.9 Å². The summed E-state index contributed by atoms with van der Waals surface area (Å²) in [6.45, 7) is 2.79. The zero-order valence-electron chi connectivity index (χ0n) is 10.2. The van der Waals surface area contributed by atoms with Crippen molar-refractivity contribution in [2.45, 2.75) is 38.1 Å². The predicted molar refractivity (Wildman–Crippen MR) is 64.5 cm³/mol. The van der Waals surface area contributed by atoms with Gasteiger partial charge in [0.05, 0.1) is 6.54 Å². The average Bonchev–Trinajstić information content (AvgIpc) is 2.58. The molecule has 2 heterocycles. The molecule has 0 spiro atoms. The zero-order chi connectivity index (χ0) is 12.1. The fraction of sp³-hybridized carbons (Fsp3) is 0.833. The molecular formula is C12H21N3O2. The first-order valence-corrected chi connectivity index (χ1v) is 6.53. The number of rotatable bonds is 3. The molecule has 0 bridgehead atoms. The van der Waals surface area contributed by atoms with Crippen molar-refractivity contribution in [1.82, 2.24) is 15.5 Å². The molecule has 1 atom stereocenters. The van der Waals surface area contributed by atoms with Crippen molar-refractivity contribution in [2.75, 3.05) is 26.2 Å². The molecule has 0 aliphatic carbocycles. The summed E-state index contributed by atoms with van der Waals surface area (Å²) in [5, 5.41) is 5.91. The van der Waals surface area contributed by atoms with Crippen LogP contribution in [0.5, 0.6) is 0 Å². The summed E-state index contributed by atoms with van der Waals surface area (Å²) >= 11 is 0. The fourth-order valence-corrected chi connectivity index (χ4v) is 2.41. The van der Waals surface area contributed by atoms with Gasteiger partial charge < -0.3 is 15.5 Å². The van der Waals surface area contributed by atoms with Crippen LogP contribution in [0.25, 0.3) is 0 Å². The first-order valence-electron chi connectivity index (χ1n) is 6.53. The van der Waals surface area contributed by atoms with Gasteiger partial charge in [0.25, 0.3) is 0 Å². The van der Waals surface area contributed by atoms with Gasteiger partial charge in [-0.05, 0) is 12.8 Å². The maximum absolute atomic E-state index is 11.9. The first kappa shape index (κ1) is 12.4. The Balaban J connectivity index is 1.70. The molecule has 0 saturated carbocycles. The zero-order valence-corrected chi connectivity index (χ0v) is 10.2. The van der Waals surface area contributed by atoms with Crippen molar-refractivity contribution in [1.29, 1.82) is 0 Å². The molecule has 0 aromatic rings. The Morgan fingerprint density at radius 1 is 1.29 bits per heavy atom. The molecule has 0 radical (unpaired) electrons. The van der Waals surface area contributed by atoms with Crippen LogP contribution in [0.4, 0.5) is 0 Å². The van der Waals surface area contributed by atoms with Gasteiger partial charge in [-0.1, -0.05) is 12.8 Å². The fourth-order valence-electron chi connectivity index (χ4n) is 2.41. The number of nitrogens with one attached hydrogen (secondary N) is 2. The number of hydrogen-bond donors (Lipinski definition) is 2. The van der Waals surface area contributed by atoms with E-state index in [1.165, 1.54) is 12.8 Å². The monoisotopic (exact) mass is 239 g/mol. The maximum Gasteiger partial charge on any atom is 0.236 e. The summed E-state index contributed by atoms with van der Waals surface area (Å²) in [7, 11) is 0. The van der Waals surface area contributed by atoms with Crippen LogP contribution in [0.15, 0.2) is 0 Å². The highest BCUT2D eigenvalue weighted by Gasteiger charge is 2.22. The van der Waals surface area contributed by atoms with Crippen molar-refractivity contribution in [2.24, 2.45) is 0 Å². The number of likely N-dealkylation sites (tertiary alicyclic amines) is 1. The lowest BCUT2D eigenvalue weighted by Crippen LogP contribution is -2.42. The van der Waals surface area contributed by atoms with E-state index in [1.54, 1.807) is 0 Å². The van der Waals surface area contributed by atoms with Crippen LogP contribution in [0.3, 0.4) is 0 Å². The molecule has 2 saturated heterocycles. The summed E-state index contributed by atoms with van der Waals surface area (Å²) in [6, 6.07) is 0.124. The summed E-state index contributed by atoms with van der Waals surface area (Å²) in [6.07, 6.45) is 5.20. The van der Waals surface area contributed by atoms with Crippen molar-refractivity contribution >= 4 is 11.8 Å². The quantitative estimate of drug-likeness (QED) is 0.721. The molecule has 2 aliphatic heterocycles. The second kappa shape index (κ2) is 6.00. The van der Waals surface area contributed by atoms with Crippen molar-refractivity contribution in [3.05, 3.63) is 0 Å². The second-order valence-electron chi connectivity index (χ2n) is 4.88. The average molecular weight is 239 g/mol. The number of amides is 2. The third kappa shape index (κ3) is 3.70. The lowest BCUT2D eigenvalue weighted by molar-refractivity contribution is -0.130. The molecule has 5 nitrogen and oxygen atoms in total.